The Kier molecular flexibility index (Phi) is 4.84. The van der Waals surface area contributed by atoms with Crippen molar-refractivity contribution in [3.8, 4) is 11.4 Å². The number of carbonyl (C=O) groups excluding carboxylic acids is 2. The molecule has 2 aliphatic rings. The molecule has 1 saturated heterocycles. The van der Waals surface area contributed by atoms with Gasteiger partial charge in [0.1, 0.15) is 23.0 Å². The topological polar surface area (TPSA) is 115 Å². The Morgan fingerprint density at radius 1 is 1.23 bits per heavy atom. The van der Waals surface area contributed by atoms with Crippen molar-refractivity contribution in [2.45, 2.75) is 44.8 Å². The van der Waals surface area contributed by atoms with Gasteiger partial charge in [0.2, 0.25) is 11.7 Å². The number of benzene rings is 1. The number of nitrogens with zero attached hydrogens (tertiary/aromatic N) is 5. The highest BCUT2D eigenvalue weighted by atomic mass is 16.6. The highest BCUT2D eigenvalue weighted by Gasteiger charge is 2.46. The molecule has 6 rings (SSSR count). The maximum absolute atomic E-state index is 13.0. The van der Waals surface area contributed by atoms with Crippen molar-refractivity contribution in [3.05, 3.63) is 65.9 Å². The number of aryl methyl sites for hydroxylation is 1. The molecular formula is C25H24N6O4. The van der Waals surface area contributed by atoms with Crippen molar-refractivity contribution in [1.82, 2.24) is 24.4 Å². The second kappa shape index (κ2) is 7.93. The summed E-state index contributed by atoms with van der Waals surface area (Å²) in [7, 11) is 0. The molecule has 4 aromatic rings. The zero-order chi connectivity index (χ0) is 24.2. The number of rotatable bonds is 5. The fourth-order valence-corrected chi connectivity index (χ4v) is 4.08. The van der Waals surface area contributed by atoms with E-state index in [2.05, 4.69) is 20.4 Å². The fraction of sp³-hybridized carbons (Fsp3) is 0.320. The number of pyridine rings is 1. The first-order valence-corrected chi connectivity index (χ1v) is 11.6. The quantitative estimate of drug-likeness (QED) is 0.458. The van der Waals surface area contributed by atoms with Gasteiger partial charge < -0.3 is 14.6 Å². The molecular weight excluding hydrogens is 448 g/mol. The molecule has 2 fully saturated rings. The fourth-order valence-electron chi connectivity index (χ4n) is 4.08. The molecule has 1 saturated carbocycles. The lowest BCUT2D eigenvalue weighted by Gasteiger charge is -2.38. The smallest absolute Gasteiger partial charge is 0.410 e. The predicted octanol–water partition coefficient (Wildman–Crippen LogP) is 4.38. The molecule has 35 heavy (non-hydrogen) atoms. The lowest BCUT2D eigenvalue weighted by Crippen LogP contribution is -2.46. The summed E-state index contributed by atoms with van der Waals surface area (Å²) in [6, 6.07) is 10.8. The summed E-state index contributed by atoms with van der Waals surface area (Å²) in [6.07, 6.45) is 5.53. The first kappa shape index (κ1) is 21.3. The molecule has 0 bridgehead atoms. The third-order valence-electron chi connectivity index (χ3n) is 6.66. The number of carbonyl (C=O) groups is 2. The molecule has 1 aliphatic heterocycles. The molecule has 1 aromatic carbocycles. The van der Waals surface area contributed by atoms with E-state index in [1.807, 2.05) is 50.2 Å². The standard InChI is InChI=1S/C25H24N6O4/c1-15-6-7-16(13-17(15)27-22(32)19-14-26-20-5-3-4-11-30(19)20)21-28-23(35-29-21)18-8-12-31(18)24(33)34-25(2)9-10-25/h3-7,11,13-14,18H,8-10,12H2,1-2H3,(H,27,32)/t18-/m0/s1. The normalized spacial score (nSPS) is 18.2. The van der Waals surface area contributed by atoms with E-state index in [9.17, 15) is 9.59 Å². The van der Waals surface area contributed by atoms with Gasteiger partial charge >= 0.3 is 6.09 Å². The van der Waals surface area contributed by atoms with E-state index < -0.39 is 0 Å². The molecule has 2 amide bonds. The largest absolute Gasteiger partial charge is 0.443 e. The molecule has 3 aromatic heterocycles. The molecule has 0 radical (unpaired) electrons. The Bertz CT molecular complexity index is 1450. The van der Waals surface area contributed by atoms with Crippen LogP contribution in [-0.4, -0.2) is 48.6 Å². The number of likely N-dealkylation sites (tertiary alicyclic amines) is 1. The van der Waals surface area contributed by atoms with Crippen LogP contribution in [0.3, 0.4) is 0 Å². The maximum atomic E-state index is 13.0. The number of ether oxygens (including phenoxy) is 1. The average molecular weight is 473 g/mol. The summed E-state index contributed by atoms with van der Waals surface area (Å²) >= 11 is 0. The first-order chi connectivity index (χ1) is 16.9. The van der Waals surface area contributed by atoms with Crippen LogP contribution in [0.1, 0.15) is 54.2 Å². The van der Waals surface area contributed by atoms with Gasteiger partial charge in [-0.05, 0) is 56.9 Å². The number of amides is 2. The SMILES string of the molecule is Cc1ccc(-c2noc([C@@H]3CCN3C(=O)OC3(C)CC3)n2)cc1NC(=O)c1cnc2ccccn12. The van der Waals surface area contributed by atoms with Crippen LogP contribution >= 0.6 is 0 Å². The number of fused-ring (bicyclic) bond motifs is 1. The second-order valence-electron chi connectivity index (χ2n) is 9.33. The third kappa shape index (κ3) is 3.90. The van der Waals surface area contributed by atoms with Crippen LogP contribution in [0.25, 0.3) is 17.0 Å². The molecule has 10 heteroatoms. The molecule has 0 spiro atoms. The number of hydrogen-bond donors (Lipinski definition) is 1. The van der Waals surface area contributed by atoms with E-state index in [-0.39, 0.29) is 23.6 Å². The number of anilines is 1. The summed E-state index contributed by atoms with van der Waals surface area (Å²) in [4.78, 5) is 35.9. The van der Waals surface area contributed by atoms with Crippen molar-refractivity contribution in [3.63, 3.8) is 0 Å². The Morgan fingerprint density at radius 2 is 2.09 bits per heavy atom. The monoisotopic (exact) mass is 472 g/mol. The summed E-state index contributed by atoms with van der Waals surface area (Å²) in [5, 5.41) is 7.08. The van der Waals surface area contributed by atoms with Crippen LogP contribution in [0.5, 0.6) is 0 Å². The van der Waals surface area contributed by atoms with Gasteiger partial charge in [0, 0.05) is 24.0 Å². The minimum Gasteiger partial charge on any atom is -0.443 e. The van der Waals surface area contributed by atoms with Gasteiger partial charge in [-0.3, -0.25) is 14.1 Å². The van der Waals surface area contributed by atoms with Crippen molar-refractivity contribution in [1.29, 1.82) is 0 Å². The zero-order valence-corrected chi connectivity index (χ0v) is 19.4. The molecule has 1 aliphatic carbocycles. The molecule has 178 valence electrons. The summed E-state index contributed by atoms with van der Waals surface area (Å²) < 4.78 is 12.8. The lowest BCUT2D eigenvalue weighted by molar-refractivity contribution is 0.00959. The number of hydrogen-bond acceptors (Lipinski definition) is 7. The Morgan fingerprint density at radius 3 is 2.86 bits per heavy atom. The Hall–Kier alpha value is -4.21. The van der Waals surface area contributed by atoms with Gasteiger partial charge in [-0.2, -0.15) is 4.98 Å². The van der Waals surface area contributed by atoms with E-state index in [4.69, 9.17) is 9.26 Å². The van der Waals surface area contributed by atoms with Crippen molar-refractivity contribution in [2.75, 3.05) is 11.9 Å². The molecule has 1 atom stereocenters. The van der Waals surface area contributed by atoms with Gasteiger partial charge in [0.25, 0.3) is 5.91 Å². The van der Waals surface area contributed by atoms with Crippen LogP contribution in [0.2, 0.25) is 0 Å². The second-order valence-corrected chi connectivity index (χ2v) is 9.33. The first-order valence-electron chi connectivity index (χ1n) is 11.6. The van der Waals surface area contributed by atoms with Gasteiger partial charge in [-0.1, -0.05) is 23.4 Å². The minimum atomic E-state index is -0.339. The van der Waals surface area contributed by atoms with E-state index >= 15 is 0 Å². The van der Waals surface area contributed by atoms with Crippen molar-refractivity contribution in [2.24, 2.45) is 0 Å². The van der Waals surface area contributed by atoms with Gasteiger partial charge in [0.15, 0.2) is 0 Å². The van der Waals surface area contributed by atoms with E-state index in [0.29, 0.717) is 40.9 Å². The minimum absolute atomic E-state index is 0.272. The maximum Gasteiger partial charge on any atom is 0.410 e. The van der Waals surface area contributed by atoms with Crippen LogP contribution in [0.4, 0.5) is 10.5 Å². The molecule has 4 heterocycles. The molecule has 0 unspecified atom stereocenters. The van der Waals surface area contributed by atoms with Gasteiger partial charge in [-0.15, -0.1) is 0 Å². The van der Waals surface area contributed by atoms with E-state index in [1.54, 1.807) is 21.7 Å². The Labute approximate surface area is 200 Å². The highest BCUT2D eigenvalue weighted by molar-refractivity contribution is 6.04. The zero-order valence-electron chi connectivity index (χ0n) is 19.4. The number of imidazole rings is 1. The van der Waals surface area contributed by atoms with Crippen LogP contribution in [-0.2, 0) is 4.74 Å². The van der Waals surface area contributed by atoms with Crippen molar-refractivity contribution < 1.29 is 18.8 Å². The molecule has 1 N–H and O–H groups in total. The number of nitrogens with one attached hydrogen (secondary N) is 1. The van der Waals surface area contributed by atoms with Gasteiger partial charge in [-0.25, -0.2) is 9.78 Å². The highest BCUT2D eigenvalue weighted by Crippen LogP contribution is 2.41. The summed E-state index contributed by atoms with van der Waals surface area (Å²) in [6.45, 7) is 4.45. The van der Waals surface area contributed by atoms with E-state index in [0.717, 1.165) is 24.8 Å². The van der Waals surface area contributed by atoms with Gasteiger partial charge in [0.05, 0.1) is 6.20 Å². The van der Waals surface area contributed by atoms with Crippen LogP contribution in [0, 0.1) is 6.92 Å². The Balaban J connectivity index is 1.20. The average Bonchev–Trinajstić information content (AvgIpc) is 3.20. The van der Waals surface area contributed by atoms with Crippen LogP contribution < -0.4 is 5.32 Å². The summed E-state index contributed by atoms with van der Waals surface area (Å²) in [5.41, 5.74) is 3.02. The number of aromatic nitrogens is 4. The predicted molar refractivity (Wildman–Crippen MR) is 126 cm³/mol. The van der Waals surface area contributed by atoms with Crippen molar-refractivity contribution >= 4 is 23.3 Å². The van der Waals surface area contributed by atoms with Crippen LogP contribution in [0.15, 0.2) is 53.3 Å². The lowest BCUT2D eigenvalue weighted by atomic mass is 10.0. The summed E-state index contributed by atoms with van der Waals surface area (Å²) in [5.74, 6) is 0.492. The molecule has 10 nitrogen and oxygen atoms in total. The van der Waals surface area contributed by atoms with E-state index in [1.165, 1.54) is 0 Å². The third-order valence-corrected chi connectivity index (χ3v) is 6.66.